The topological polar surface area (TPSA) is 74.9 Å². The minimum absolute atomic E-state index is 0.165. The number of guanidine groups is 1. The fourth-order valence-electron chi connectivity index (χ4n) is 3.41. The molecule has 2 heterocycles. The molecule has 1 saturated heterocycles. The van der Waals surface area contributed by atoms with Crippen molar-refractivity contribution in [1.29, 1.82) is 0 Å². The Morgan fingerprint density at radius 1 is 1.33 bits per heavy atom. The average molecular weight is 421 g/mol. The lowest BCUT2D eigenvalue weighted by molar-refractivity contribution is -0.0498. The first kappa shape index (κ1) is 21.9. The third kappa shape index (κ3) is 6.08. The zero-order valence-electron chi connectivity index (χ0n) is 17.6. The lowest BCUT2D eigenvalue weighted by Crippen LogP contribution is -2.51. The number of nitrogens with one attached hydrogen (secondary N) is 2. The van der Waals surface area contributed by atoms with E-state index in [9.17, 15) is 8.78 Å². The number of aliphatic imine (C=N–C) groups is 1. The highest BCUT2D eigenvalue weighted by Gasteiger charge is 2.21. The number of anilines is 1. The number of hydrogen-bond donors (Lipinski definition) is 2. The standard InChI is InChI=1S/C21H29F2N5O2/c1-14(2)19-11-18(30-27-19)12-25-21(24-3)26-15-5-4-10-28(13-15)16-6-8-17(9-7-16)29-20(22)23/h6-9,11,14-15,20H,4-5,10,12-13H2,1-3H3,(H2,24,25,26). The quantitative estimate of drug-likeness (QED) is 0.524. The molecular weight excluding hydrogens is 392 g/mol. The minimum Gasteiger partial charge on any atom is -0.435 e. The van der Waals surface area contributed by atoms with Gasteiger partial charge in [0, 0.05) is 37.9 Å². The summed E-state index contributed by atoms with van der Waals surface area (Å²) in [5, 5.41) is 10.8. The summed E-state index contributed by atoms with van der Waals surface area (Å²) in [6, 6.07) is 8.92. The summed E-state index contributed by atoms with van der Waals surface area (Å²) < 4.78 is 34.4. The first-order valence-corrected chi connectivity index (χ1v) is 10.2. The maximum Gasteiger partial charge on any atom is 0.387 e. The third-order valence-electron chi connectivity index (χ3n) is 5.01. The molecule has 1 fully saturated rings. The van der Waals surface area contributed by atoms with E-state index in [1.54, 1.807) is 19.2 Å². The van der Waals surface area contributed by atoms with Gasteiger partial charge in [0.25, 0.3) is 0 Å². The fraction of sp³-hybridized carbons (Fsp3) is 0.524. The molecule has 0 radical (unpaired) electrons. The molecule has 1 aliphatic rings. The van der Waals surface area contributed by atoms with E-state index in [-0.39, 0.29) is 11.8 Å². The number of piperidine rings is 1. The van der Waals surface area contributed by atoms with Crippen LogP contribution in [0.1, 0.15) is 44.1 Å². The van der Waals surface area contributed by atoms with Crippen molar-refractivity contribution in [2.45, 2.75) is 51.8 Å². The van der Waals surface area contributed by atoms with Gasteiger partial charge in [-0.25, -0.2) is 0 Å². The van der Waals surface area contributed by atoms with E-state index in [0.717, 1.165) is 43.1 Å². The van der Waals surface area contributed by atoms with Gasteiger partial charge in [-0.05, 0) is 43.0 Å². The van der Waals surface area contributed by atoms with Crippen molar-refractivity contribution in [2.75, 3.05) is 25.0 Å². The normalized spacial score (nSPS) is 17.5. The molecule has 1 aliphatic heterocycles. The van der Waals surface area contributed by atoms with Crippen molar-refractivity contribution in [3.05, 3.63) is 41.8 Å². The van der Waals surface area contributed by atoms with Crippen molar-refractivity contribution < 1.29 is 18.0 Å². The summed E-state index contributed by atoms with van der Waals surface area (Å²) in [4.78, 5) is 6.53. The Bertz CT molecular complexity index is 823. The summed E-state index contributed by atoms with van der Waals surface area (Å²) in [6.07, 6.45) is 2.04. The molecule has 9 heteroatoms. The highest BCUT2D eigenvalue weighted by atomic mass is 19.3. The average Bonchev–Trinajstić information content (AvgIpc) is 3.21. The SMILES string of the molecule is CN=C(NCc1cc(C(C)C)no1)NC1CCCN(c2ccc(OC(F)F)cc2)C1. The molecule has 0 saturated carbocycles. The second-order valence-corrected chi connectivity index (χ2v) is 7.60. The Kier molecular flexibility index (Phi) is 7.48. The van der Waals surface area contributed by atoms with Crippen molar-refractivity contribution in [2.24, 2.45) is 4.99 Å². The molecule has 1 aromatic carbocycles. The summed E-state index contributed by atoms with van der Waals surface area (Å²) in [5.74, 6) is 1.95. The molecule has 2 aromatic rings. The van der Waals surface area contributed by atoms with Crippen molar-refractivity contribution in [3.63, 3.8) is 0 Å². The molecule has 164 valence electrons. The lowest BCUT2D eigenvalue weighted by atomic mass is 10.0. The Morgan fingerprint density at radius 2 is 2.10 bits per heavy atom. The van der Waals surface area contributed by atoms with Gasteiger partial charge in [0.2, 0.25) is 0 Å². The van der Waals surface area contributed by atoms with E-state index in [2.05, 4.69) is 44.3 Å². The fourth-order valence-corrected chi connectivity index (χ4v) is 3.41. The predicted octanol–water partition coefficient (Wildman–Crippen LogP) is 3.73. The van der Waals surface area contributed by atoms with Gasteiger partial charge in [0.05, 0.1) is 12.2 Å². The second-order valence-electron chi connectivity index (χ2n) is 7.60. The van der Waals surface area contributed by atoms with Crippen LogP contribution in [-0.2, 0) is 6.54 Å². The number of halogens is 2. The van der Waals surface area contributed by atoms with Gasteiger partial charge in [-0.1, -0.05) is 19.0 Å². The molecule has 1 atom stereocenters. The van der Waals surface area contributed by atoms with E-state index < -0.39 is 6.61 Å². The maximum atomic E-state index is 12.3. The number of benzene rings is 1. The van der Waals surface area contributed by atoms with Crippen LogP contribution in [0.2, 0.25) is 0 Å². The Balaban J connectivity index is 1.52. The maximum absolute atomic E-state index is 12.3. The van der Waals surface area contributed by atoms with E-state index in [0.29, 0.717) is 18.4 Å². The molecule has 3 rings (SSSR count). The zero-order chi connectivity index (χ0) is 21.5. The van der Waals surface area contributed by atoms with Crippen LogP contribution in [0.3, 0.4) is 0 Å². The third-order valence-corrected chi connectivity index (χ3v) is 5.01. The molecular formula is C21H29F2N5O2. The minimum atomic E-state index is -2.81. The molecule has 30 heavy (non-hydrogen) atoms. The molecule has 1 aromatic heterocycles. The van der Waals surface area contributed by atoms with Crippen LogP contribution < -0.4 is 20.3 Å². The molecule has 2 N–H and O–H groups in total. The number of rotatable bonds is 7. The first-order chi connectivity index (χ1) is 14.4. The van der Waals surface area contributed by atoms with Gasteiger partial charge in [-0.2, -0.15) is 8.78 Å². The molecule has 0 aliphatic carbocycles. The largest absolute Gasteiger partial charge is 0.435 e. The van der Waals surface area contributed by atoms with Crippen LogP contribution >= 0.6 is 0 Å². The molecule has 0 bridgehead atoms. The monoisotopic (exact) mass is 421 g/mol. The number of alkyl halides is 2. The predicted molar refractivity (Wildman–Crippen MR) is 112 cm³/mol. The van der Waals surface area contributed by atoms with Gasteiger partial charge in [0.1, 0.15) is 5.75 Å². The van der Waals surface area contributed by atoms with Crippen LogP contribution in [0.4, 0.5) is 14.5 Å². The van der Waals surface area contributed by atoms with Crippen LogP contribution in [0.25, 0.3) is 0 Å². The van der Waals surface area contributed by atoms with Crippen LogP contribution in [0.5, 0.6) is 5.75 Å². The van der Waals surface area contributed by atoms with Crippen molar-refractivity contribution >= 4 is 11.6 Å². The van der Waals surface area contributed by atoms with Gasteiger partial charge in [0.15, 0.2) is 11.7 Å². The highest BCUT2D eigenvalue weighted by molar-refractivity contribution is 5.80. The van der Waals surface area contributed by atoms with E-state index in [4.69, 9.17) is 4.52 Å². The van der Waals surface area contributed by atoms with Crippen LogP contribution in [0, 0.1) is 0 Å². The number of nitrogens with zero attached hydrogens (tertiary/aromatic N) is 3. The van der Waals surface area contributed by atoms with Crippen molar-refractivity contribution in [1.82, 2.24) is 15.8 Å². The smallest absolute Gasteiger partial charge is 0.387 e. The summed E-state index contributed by atoms with van der Waals surface area (Å²) in [6.45, 7) is 3.53. The Labute approximate surface area is 175 Å². The number of ether oxygens (including phenoxy) is 1. The summed E-state index contributed by atoms with van der Waals surface area (Å²) in [7, 11) is 1.73. The van der Waals surface area contributed by atoms with Gasteiger partial charge >= 0.3 is 6.61 Å². The van der Waals surface area contributed by atoms with Gasteiger partial charge < -0.3 is 24.8 Å². The summed E-state index contributed by atoms with van der Waals surface area (Å²) in [5.41, 5.74) is 1.91. The lowest BCUT2D eigenvalue weighted by Gasteiger charge is -2.35. The van der Waals surface area contributed by atoms with Gasteiger partial charge in [-0.15, -0.1) is 0 Å². The van der Waals surface area contributed by atoms with Gasteiger partial charge in [-0.3, -0.25) is 4.99 Å². The molecule has 1 unspecified atom stereocenters. The zero-order valence-corrected chi connectivity index (χ0v) is 17.6. The molecule has 0 amide bonds. The van der Waals surface area contributed by atoms with Crippen LogP contribution in [-0.4, -0.2) is 43.9 Å². The number of aromatic nitrogens is 1. The first-order valence-electron chi connectivity index (χ1n) is 10.2. The number of hydrogen-bond acceptors (Lipinski definition) is 5. The molecule has 7 nitrogen and oxygen atoms in total. The molecule has 0 spiro atoms. The highest BCUT2D eigenvalue weighted by Crippen LogP contribution is 2.24. The van der Waals surface area contributed by atoms with E-state index in [1.807, 2.05) is 18.2 Å². The van der Waals surface area contributed by atoms with E-state index in [1.165, 1.54) is 0 Å². The van der Waals surface area contributed by atoms with Crippen LogP contribution in [0.15, 0.2) is 39.8 Å². The Morgan fingerprint density at radius 3 is 2.73 bits per heavy atom. The summed E-state index contributed by atoms with van der Waals surface area (Å²) >= 11 is 0. The second kappa shape index (κ2) is 10.3. The van der Waals surface area contributed by atoms with Crippen molar-refractivity contribution in [3.8, 4) is 5.75 Å². The van der Waals surface area contributed by atoms with E-state index >= 15 is 0 Å². The Hall–Kier alpha value is -2.84.